The van der Waals surface area contributed by atoms with Gasteiger partial charge in [-0.05, 0) is 45.3 Å². The average molecular weight is 388 g/mol. The summed E-state index contributed by atoms with van der Waals surface area (Å²) in [5, 5.41) is 6.33. The summed E-state index contributed by atoms with van der Waals surface area (Å²) in [5.74, 6) is 0. The molecule has 0 amide bonds. The molecule has 2 aromatic heterocycles. The van der Waals surface area contributed by atoms with Gasteiger partial charge in [-0.3, -0.25) is 4.98 Å². The first-order chi connectivity index (χ1) is 14.4. The maximum Gasteiger partial charge on any atom is 0.0789 e. The highest BCUT2D eigenvalue weighted by Gasteiger charge is 2.11. The van der Waals surface area contributed by atoms with E-state index in [0.717, 1.165) is 11.3 Å². The van der Waals surface area contributed by atoms with E-state index in [4.69, 9.17) is 4.98 Å². The molecule has 29 heavy (non-hydrogen) atoms. The van der Waals surface area contributed by atoms with Crippen LogP contribution in [0.5, 0.6) is 0 Å². The molecule has 0 radical (unpaired) electrons. The lowest BCUT2D eigenvalue weighted by atomic mass is 9.98. The Bertz CT molecular complexity index is 1500. The van der Waals surface area contributed by atoms with Gasteiger partial charge in [0.2, 0.25) is 0 Å². The van der Waals surface area contributed by atoms with Crippen LogP contribution in [0.2, 0.25) is 0 Å². The summed E-state index contributed by atoms with van der Waals surface area (Å²) in [4.78, 5) is 6.04. The van der Waals surface area contributed by atoms with Crippen molar-refractivity contribution in [2.75, 3.05) is 0 Å². The third kappa shape index (κ3) is 2.72. The molecule has 2 heterocycles. The largest absolute Gasteiger partial charge is 0.256 e. The fraction of sp³-hybridized carbons (Fsp3) is 0. The van der Waals surface area contributed by atoms with E-state index in [1.54, 1.807) is 0 Å². The predicted octanol–water partition coefficient (Wildman–Crippen LogP) is 7.94. The van der Waals surface area contributed by atoms with Crippen molar-refractivity contribution in [2.45, 2.75) is 0 Å². The quantitative estimate of drug-likeness (QED) is 0.275. The molecule has 1 nitrogen and oxygen atoms in total. The summed E-state index contributed by atoms with van der Waals surface area (Å²) in [5.41, 5.74) is 3.47. The number of pyridine rings is 1. The lowest BCUT2D eigenvalue weighted by Gasteiger charge is -2.07. The third-order valence-corrected chi connectivity index (χ3v) is 6.67. The minimum absolute atomic E-state index is 1.05. The van der Waals surface area contributed by atoms with E-state index in [2.05, 4.69) is 97.1 Å². The van der Waals surface area contributed by atoms with Crippen molar-refractivity contribution < 1.29 is 0 Å². The molecule has 0 bridgehead atoms. The number of nitrogens with zero attached hydrogens (tertiary/aromatic N) is 1. The Morgan fingerprint density at radius 3 is 2.28 bits per heavy atom. The fourth-order valence-corrected chi connectivity index (χ4v) is 5.16. The molecule has 0 saturated heterocycles. The molecule has 0 spiro atoms. The van der Waals surface area contributed by atoms with Crippen LogP contribution in [0.4, 0.5) is 0 Å². The van der Waals surface area contributed by atoms with Crippen molar-refractivity contribution in [1.82, 2.24) is 4.98 Å². The average Bonchev–Trinajstić information content (AvgIpc) is 3.24. The van der Waals surface area contributed by atoms with Crippen LogP contribution in [-0.4, -0.2) is 4.98 Å². The van der Waals surface area contributed by atoms with Gasteiger partial charge in [-0.2, -0.15) is 0 Å². The highest BCUT2D eigenvalue weighted by atomic mass is 32.1. The van der Waals surface area contributed by atoms with E-state index in [9.17, 15) is 0 Å². The van der Waals surface area contributed by atoms with Gasteiger partial charge in [0.25, 0.3) is 0 Å². The third-order valence-electron chi connectivity index (χ3n) is 5.52. The first-order valence-corrected chi connectivity index (χ1v) is 10.5. The van der Waals surface area contributed by atoms with Crippen molar-refractivity contribution in [2.24, 2.45) is 0 Å². The van der Waals surface area contributed by atoms with Gasteiger partial charge >= 0.3 is 0 Å². The number of thiophene rings is 1. The van der Waals surface area contributed by atoms with Crippen LogP contribution in [0.3, 0.4) is 0 Å². The summed E-state index contributed by atoms with van der Waals surface area (Å²) in [7, 11) is 0. The minimum atomic E-state index is 1.05. The van der Waals surface area contributed by atoms with Gasteiger partial charge < -0.3 is 0 Å². The predicted molar refractivity (Wildman–Crippen MR) is 126 cm³/mol. The molecule has 0 fully saturated rings. The van der Waals surface area contributed by atoms with Gasteiger partial charge in [-0.15, -0.1) is 11.3 Å². The maximum absolute atomic E-state index is 4.76. The van der Waals surface area contributed by atoms with E-state index in [1.807, 2.05) is 17.5 Å². The molecule has 0 unspecified atom stereocenters. The van der Waals surface area contributed by atoms with Crippen molar-refractivity contribution in [3.05, 3.63) is 103 Å². The van der Waals surface area contributed by atoms with Gasteiger partial charge in [-0.25, -0.2) is 0 Å². The van der Waals surface area contributed by atoms with Crippen molar-refractivity contribution in [1.29, 1.82) is 0 Å². The first kappa shape index (κ1) is 16.5. The normalized spacial score (nSPS) is 11.4. The number of hydrogen-bond acceptors (Lipinski definition) is 2. The minimum Gasteiger partial charge on any atom is -0.256 e. The molecule has 2 heteroatoms. The van der Waals surface area contributed by atoms with E-state index in [-0.39, 0.29) is 0 Å². The smallest absolute Gasteiger partial charge is 0.0789 e. The van der Waals surface area contributed by atoms with E-state index in [1.165, 1.54) is 42.1 Å². The second-order valence-corrected chi connectivity index (χ2v) is 8.35. The van der Waals surface area contributed by atoms with Crippen LogP contribution >= 0.6 is 11.3 Å². The number of aromatic nitrogens is 1. The Morgan fingerprint density at radius 2 is 1.34 bits per heavy atom. The van der Waals surface area contributed by atoms with Crippen LogP contribution in [-0.2, 0) is 0 Å². The molecule has 4 aromatic carbocycles. The first-order valence-electron chi connectivity index (χ1n) is 9.73. The molecule has 0 aliphatic heterocycles. The summed E-state index contributed by atoms with van der Waals surface area (Å²) < 4.78 is 1.27. The van der Waals surface area contributed by atoms with E-state index >= 15 is 0 Å². The molecule has 136 valence electrons. The number of hydrogen-bond donors (Lipinski definition) is 0. The Labute approximate surface area is 172 Å². The lowest BCUT2D eigenvalue weighted by Crippen LogP contribution is -1.85. The summed E-state index contributed by atoms with van der Waals surface area (Å²) in [6.07, 6.45) is 1.92. The zero-order chi connectivity index (χ0) is 19.2. The molecule has 6 aromatic rings. The lowest BCUT2D eigenvalue weighted by molar-refractivity contribution is 1.37. The molecular weight excluding hydrogens is 370 g/mol. The molecule has 6 rings (SSSR count). The topological polar surface area (TPSA) is 12.9 Å². The molecule has 0 saturated carbocycles. The second-order valence-electron chi connectivity index (χ2n) is 7.27. The van der Waals surface area contributed by atoms with Crippen molar-refractivity contribution in [3.8, 4) is 21.7 Å². The van der Waals surface area contributed by atoms with Gasteiger partial charge in [0.15, 0.2) is 0 Å². The van der Waals surface area contributed by atoms with Crippen LogP contribution < -0.4 is 0 Å². The van der Waals surface area contributed by atoms with E-state index < -0.39 is 0 Å². The maximum atomic E-state index is 4.76. The Balaban J connectivity index is 1.55. The zero-order valence-electron chi connectivity index (χ0n) is 15.7. The van der Waals surface area contributed by atoms with Gasteiger partial charge in [-0.1, -0.05) is 78.9 Å². The van der Waals surface area contributed by atoms with Crippen LogP contribution in [0, 0.1) is 0 Å². The Morgan fingerprint density at radius 1 is 0.552 bits per heavy atom. The summed E-state index contributed by atoms with van der Waals surface area (Å²) >= 11 is 1.82. The zero-order valence-corrected chi connectivity index (χ0v) is 16.5. The molecule has 0 aliphatic carbocycles. The summed E-state index contributed by atoms with van der Waals surface area (Å²) in [6.45, 7) is 0. The Hall–Kier alpha value is -3.49. The van der Waals surface area contributed by atoms with Crippen LogP contribution in [0.1, 0.15) is 0 Å². The summed E-state index contributed by atoms with van der Waals surface area (Å²) in [6, 6.07) is 34.6. The van der Waals surface area contributed by atoms with Crippen molar-refractivity contribution >= 4 is 43.0 Å². The molecular formula is C27H17NS. The van der Waals surface area contributed by atoms with Crippen LogP contribution in [0.15, 0.2) is 103 Å². The SMILES string of the molecule is c1ccc(-c2cc3c(-c4ccc5c(ccc6ccccc65)c4)nccc3s2)cc1. The number of fused-ring (bicyclic) bond motifs is 4. The number of rotatable bonds is 2. The Kier molecular flexibility index (Phi) is 3.71. The molecule has 0 N–H and O–H groups in total. The standard InChI is InChI=1S/C27H17NS/c1-2-7-19(8-3-1)26-17-24-25(29-26)14-15-28-27(24)21-12-13-23-20(16-21)11-10-18-6-4-5-9-22(18)23/h1-17H. The van der Waals surface area contributed by atoms with E-state index in [0.29, 0.717) is 0 Å². The number of benzene rings is 4. The highest BCUT2D eigenvalue weighted by molar-refractivity contribution is 7.22. The highest BCUT2D eigenvalue weighted by Crippen LogP contribution is 2.38. The van der Waals surface area contributed by atoms with Gasteiger partial charge in [0.1, 0.15) is 0 Å². The molecule has 0 atom stereocenters. The fourth-order valence-electron chi connectivity index (χ4n) is 4.10. The monoisotopic (exact) mass is 387 g/mol. The van der Waals surface area contributed by atoms with Gasteiger partial charge in [0, 0.05) is 26.7 Å². The van der Waals surface area contributed by atoms with Crippen LogP contribution in [0.25, 0.3) is 53.3 Å². The van der Waals surface area contributed by atoms with Crippen molar-refractivity contribution in [3.63, 3.8) is 0 Å². The van der Waals surface area contributed by atoms with Gasteiger partial charge in [0.05, 0.1) is 5.69 Å². The second kappa shape index (κ2) is 6.54. The molecule has 0 aliphatic rings.